The minimum atomic E-state index is -4.38. The van der Waals surface area contributed by atoms with Crippen LogP contribution in [0.2, 0.25) is 0 Å². The molecule has 1 saturated carbocycles. The molecule has 7 heteroatoms. The third-order valence-electron chi connectivity index (χ3n) is 4.68. The molecule has 1 N–H and O–H groups in total. The van der Waals surface area contributed by atoms with Crippen molar-refractivity contribution in [3.63, 3.8) is 0 Å². The molecule has 142 valence electrons. The van der Waals surface area contributed by atoms with E-state index in [1.807, 2.05) is 14.1 Å². The van der Waals surface area contributed by atoms with Gasteiger partial charge in [-0.2, -0.15) is 13.2 Å². The second-order valence-corrected chi connectivity index (χ2v) is 6.68. The van der Waals surface area contributed by atoms with E-state index in [1.165, 1.54) is 18.6 Å². The summed E-state index contributed by atoms with van der Waals surface area (Å²) in [6, 6.07) is 4.67. The molecule has 0 heterocycles. The molecule has 2 atom stereocenters. The number of halogens is 4. The average Bonchev–Trinajstić information content (AvgIpc) is 2.49. The number of alkyl halides is 3. The third kappa shape index (κ3) is 6.19. The number of amides is 1. The molecular weight excluding hydrogens is 353 g/mol. The van der Waals surface area contributed by atoms with Gasteiger partial charge in [0.1, 0.15) is 0 Å². The zero-order valence-electron chi connectivity index (χ0n) is 14.6. The molecule has 0 bridgehead atoms. The fourth-order valence-electron chi connectivity index (χ4n) is 3.31. The lowest BCUT2D eigenvalue weighted by molar-refractivity contribution is -0.137. The van der Waals surface area contributed by atoms with Crippen molar-refractivity contribution in [2.24, 2.45) is 0 Å². The summed E-state index contributed by atoms with van der Waals surface area (Å²) in [6.45, 7) is 0. The number of hydrogen-bond acceptors (Lipinski definition) is 2. The van der Waals surface area contributed by atoms with Gasteiger partial charge in [0.15, 0.2) is 0 Å². The Morgan fingerprint density at radius 3 is 2.12 bits per heavy atom. The van der Waals surface area contributed by atoms with Crippen LogP contribution in [-0.2, 0) is 6.18 Å². The fourth-order valence-corrected chi connectivity index (χ4v) is 3.31. The van der Waals surface area contributed by atoms with Crippen LogP contribution in [0.1, 0.15) is 54.4 Å². The van der Waals surface area contributed by atoms with E-state index in [1.54, 1.807) is 0 Å². The van der Waals surface area contributed by atoms with Gasteiger partial charge < -0.3 is 10.2 Å². The summed E-state index contributed by atoms with van der Waals surface area (Å²) in [4.78, 5) is 14.6. The van der Waals surface area contributed by atoms with Crippen LogP contribution in [0.4, 0.5) is 13.2 Å². The molecule has 1 aliphatic carbocycles. The Balaban J connectivity index is 0.00000312. The number of nitrogens with one attached hydrogen (secondary N) is 1. The zero-order chi connectivity index (χ0) is 17.7. The highest BCUT2D eigenvalue weighted by Crippen LogP contribution is 2.29. The van der Waals surface area contributed by atoms with Crippen molar-refractivity contribution in [2.45, 2.75) is 56.8 Å². The Labute approximate surface area is 153 Å². The largest absolute Gasteiger partial charge is 0.416 e. The number of benzene rings is 1. The topological polar surface area (TPSA) is 32.3 Å². The van der Waals surface area contributed by atoms with Crippen LogP contribution >= 0.6 is 12.4 Å². The summed E-state index contributed by atoms with van der Waals surface area (Å²) in [7, 11) is 4.01. The highest BCUT2D eigenvalue weighted by Gasteiger charge is 2.31. The molecule has 25 heavy (non-hydrogen) atoms. The van der Waals surface area contributed by atoms with E-state index in [0.717, 1.165) is 44.2 Å². The highest BCUT2D eigenvalue weighted by molar-refractivity contribution is 5.94. The minimum absolute atomic E-state index is 0. The van der Waals surface area contributed by atoms with E-state index >= 15 is 0 Å². The summed E-state index contributed by atoms with van der Waals surface area (Å²) in [5, 5.41) is 3.03. The molecule has 1 aliphatic rings. The lowest BCUT2D eigenvalue weighted by atomic mass is 9.91. The summed E-state index contributed by atoms with van der Waals surface area (Å²) in [5.41, 5.74) is -0.473. The molecule has 0 aliphatic heterocycles. The summed E-state index contributed by atoms with van der Waals surface area (Å²) >= 11 is 0. The molecule has 1 aromatic carbocycles. The SMILES string of the molecule is CN(C)[C@@H]1CCCCCC[C@H]1NC(=O)c1ccc(C(F)(F)F)cc1.Cl. The van der Waals surface area contributed by atoms with Gasteiger partial charge in [0.2, 0.25) is 0 Å². The van der Waals surface area contributed by atoms with Crippen molar-refractivity contribution < 1.29 is 18.0 Å². The van der Waals surface area contributed by atoms with Crippen LogP contribution in [0.5, 0.6) is 0 Å². The number of rotatable bonds is 3. The number of likely N-dealkylation sites (N-methyl/N-ethyl adjacent to an activating group) is 1. The Kier molecular flexibility index (Phi) is 8.22. The first kappa shape index (κ1) is 21.8. The van der Waals surface area contributed by atoms with Crippen LogP contribution in [0.15, 0.2) is 24.3 Å². The second-order valence-electron chi connectivity index (χ2n) is 6.68. The standard InChI is InChI=1S/C18H25F3N2O.ClH/c1-23(2)16-8-6-4-3-5-7-15(16)22-17(24)13-9-11-14(12-10-13)18(19,20)21;/h9-12,15-16H,3-8H2,1-2H3,(H,22,24);1H/t15-,16-;/m1./s1. The summed E-state index contributed by atoms with van der Waals surface area (Å²) in [6.07, 6.45) is 2.10. The molecule has 0 spiro atoms. The molecule has 3 nitrogen and oxygen atoms in total. The van der Waals surface area contributed by atoms with Gasteiger partial charge >= 0.3 is 6.18 Å². The number of carbonyl (C=O) groups excluding carboxylic acids is 1. The van der Waals surface area contributed by atoms with Gasteiger partial charge in [-0.25, -0.2) is 0 Å². The summed E-state index contributed by atoms with van der Waals surface area (Å²) in [5.74, 6) is -0.304. The average molecular weight is 379 g/mol. The Bertz CT molecular complexity index is 546. The molecule has 1 amide bonds. The van der Waals surface area contributed by atoms with Crippen LogP contribution in [-0.4, -0.2) is 37.0 Å². The van der Waals surface area contributed by atoms with Gasteiger partial charge in [-0.15, -0.1) is 12.4 Å². The van der Waals surface area contributed by atoms with Gasteiger partial charge in [0.05, 0.1) is 5.56 Å². The van der Waals surface area contributed by atoms with E-state index in [2.05, 4.69) is 10.2 Å². The van der Waals surface area contributed by atoms with Gasteiger partial charge in [0.25, 0.3) is 5.91 Å². The van der Waals surface area contributed by atoms with Gasteiger partial charge in [-0.3, -0.25) is 4.79 Å². The molecule has 1 aromatic rings. The Morgan fingerprint density at radius 2 is 1.60 bits per heavy atom. The maximum absolute atomic E-state index is 12.6. The van der Waals surface area contributed by atoms with E-state index < -0.39 is 11.7 Å². The van der Waals surface area contributed by atoms with E-state index in [9.17, 15) is 18.0 Å². The van der Waals surface area contributed by atoms with E-state index in [0.29, 0.717) is 0 Å². The second kappa shape index (κ2) is 9.43. The minimum Gasteiger partial charge on any atom is -0.348 e. The summed E-state index contributed by atoms with van der Waals surface area (Å²) < 4.78 is 37.8. The lowest BCUT2D eigenvalue weighted by Crippen LogP contribution is -2.49. The first-order chi connectivity index (χ1) is 11.3. The smallest absolute Gasteiger partial charge is 0.348 e. The highest BCUT2D eigenvalue weighted by atomic mass is 35.5. The predicted molar refractivity (Wildman–Crippen MR) is 95.1 cm³/mol. The Hall–Kier alpha value is -1.27. The van der Waals surface area contributed by atoms with Gasteiger partial charge in [-0.1, -0.05) is 25.7 Å². The number of hydrogen-bond donors (Lipinski definition) is 1. The van der Waals surface area contributed by atoms with Crippen LogP contribution in [0.25, 0.3) is 0 Å². The normalized spacial score (nSPS) is 21.8. The predicted octanol–water partition coefficient (Wildman–Crippen LogP) is 4.51. The van der Waals surface area contributed by atoms with Crippen molar-refractivity contribution in [2.75, 3.05) is 14.1 Å². The zero-order valence-corrected chi connectivity index (χ0v) is 15.4. The molecule has 2 rings (SSSR count). The molecule has 0 saturated heterocycles. The number of carbonyl (C=O) groups is 1. The van der Waals surface area contributed by atoms with E-state index in [4.69, 9.17) is 0 Å². The quantitative estimate of drug-likeness (QED) is 0.839. The van der Waals surface area contributed by atoms with Crippen molar-refractivity contribution in [3.05, 3.63) is 35.4 Å². The monoisotopic (exact) mass is 378 g/mol. The molecule has 1 fully saturated rings. The maximum atomic E-state index is 12.6. The van der Waals surface area contributed by atoms with Crippen molar-refractivity contribution in [1.29, 1.82) is 0 Å². The van der Waals surface area contributed by atoms with E-state index in [-0.39, 0.29) is 36.0 Å². The van der Waals surface area contributed by atoms with Gasteiger partial charge in [0, 0.05) is 17.6 Å². The van der Waals surface area contributed by atoms with Crippen molar-refractivity contribution >= 4 is 18.3 Å². The first-order valence-electron chi connectivity index (χ1n) is 8.43. The van der Waals surface area contributed by atoms with Crippen molar-refractivity contribution in [3.8, 4) is 0 Å². The van der Waals surface area contributed by atoms with Crippen molar-refractivity contribution in [1.82, 2.24) is 10.2 Å². The molecule has 0 unspecified atom stereocenters. The maximum Gasteiger partial charge on any atom is 0.416 e. The Morgan fingerprint density at radius 1 is 1.04 bits per heavy atom. The molecule has 0 radical (unpaired) electrons. The molecular formula is C18H26ClF3N2O. The van der Waals surface area contributed by atoms with Gasteiger partial charge in [-0.05, 0) is 51.2 Å². The first-order valence-corrected chi connectivity index (χ1v) is 8.43. The lowest BCUT2D eigenvalue weighted by Gasteiger charge is -2.34. The third-order valence-corrected chi connectivity index (χ3v) is 4.68. The van der Waals surface area contributed by atoms with Crippen LogP contribution in [0, 0.1) is 0 Å². The van der Waals surface area contributed by atoms with Crippen LogP contribution in [0.3, 0.4) is 0 Å². The molecule has 0 aromatic heterocycles. The van der Waals surface area contributed by atoms with Crippen LogP contribution < -0.4 is 5.32 Å². The number of nitrogens with zero attached hydrogens (tertiary/aromatic N) is 1. The fraction of sp³-hybridized carbons (Fsp3) is 0.611.